The van der Waals surface area contributed by atoms with Gasteiger partial charge in [-0.1, -0.05) is 0 Å². The molecule has 0 bridgehead atoms. The van der Waals surface area contributed by atoms with Crippen LogP contribution in [0, 0.1) is 0 Å². The third kappa shape index (κ3) is 2.69. The molecule has 2 atom stereocenters. The van der Waals surface area contributed by atoms with Crippen LogP contribution in [0.15, 0.2) is 0 Å². The molecule has 0 spiro atoms. The molecule has 2 saturated heterocycles. The molecule has 4 nitrogen and oxygen atoms in total. The molecule has 88 valence electrons. The Kier molecular flexibility index (Phi) is 3.30. The maximum atomic E-state index is 9.20. The zero-order chi connectivity index (χ0) is 10.9. The average Bonchev–Trinajstić information content (AvgIpc) is 2.68. The van der Waals surface area contributed by atoms with Crippen molar-refractivity contribution in [3.63, 3.8) is 0 Å². The molecule has 2 heterocycles. The van der Waals surface area contributed by atoms with Gasteiger partial charge in [0.1, 0.15) is 0 Å². The SMILES string of the molecule is CC1(C)CN(C2CCOC2)CC(CO)O1. The lowest BCUT2D eigenvalue weighted by Gasteiger charge is -2.44. The van der Waals surface area contributed by atoms with Gasteiger partial charge in [-0.15, -0.1) is 0 Å². The Hall–Kier alpha value is -0.160. The highest BCUT2D eigenvalue weighted by atomic mass is 16.5. The van der Waals surface area contributed by atoms with Gasteiger partial charge in [0.2, 0.25) is 0 Å². The highest BCUT2D eigenvalue weighted by molar-refractivity contribution is 4.88. The fourth-order valence-corrected chi connectivity index (χ4v) is 2.52. The van der Waals surface area contributed by atoms with E-state index in [9.17, 15) is 5.11 Å². The first-order valence-electron chi connectivity index (χ1n) is 5.71. The quantitative estimate of drug-likeness (QED) is 0.717. The highest BCUT2D eigenvalue weighted by Crippen LogP contribution is 2.24. The second-order valence-corrected chi connectivity index (χ2v) is 5.13. The van der Waals surface area contributed by atoms with Crippen molar-refractivity contribution in [1.82, 2.24) is 4.90 Å². The van der Waals surface area contributed by atoms with E-state index < -0.39 is 0 Å². The van der Waals surface area contributed by atoms with Gasteiger partial charge in [-0.3, -0.25) is 4.90 Å². The Morgan fingerprint density at radius 3 is 2.87 bits per heavy atom. The summed E-state index contributed by atoms with van der Waals surface area (Å²) in [7, 11) is 0. The number of aliphatic hydroxyl groups is 1. The van der Waals surface area contributed by atoms with Crippen molar-refractivity contribution in [3.05, 3.63) is 0 Å². The summed E-state index contributed by atoms with van der Waals surface area (Å²) in [6, 6.07) is 0.516. The van der Waals surface area contributed by atoms with Gasteiger partial charge in [0.15, 0.2) is 0 Å². The lowest BCUT2D eigenvalue weighted by Crippen LogP contribution is -2.56. The van der Waals surface area contributed by atoms with Crippen LogP contribution in [0.4, 0.5) is 0 Å². The molecule has 1 N–H and O–H groups in total. The van der Waals surface area contributed by atoms with E-state index in [1.54, 1.807) is 0 Å². The lowest BCUT2D eigenvalue weighted by atomic mass is 10.0. The molecule has 0 radical (unpaired) electrons. The normalized spacial score (nSPS) is 37.0. The molecule has 0 saturated carbocycles. The van der Waals surface area contributed by atoms with Crippen molar-refractivity contribution in [3.8, 4) is 0 Å². The van der Waals surface area contributed by atoms with Crippen molar-refractivity contribution < 1.29 is 14.6 Å². The summed E-state index contributed by atoms with van der Waals surface area (Å²) in [6.45, 7) is 7.72. The molecule has 2 fully saturated rings. The van der Waals surface area contributed by atoms with Crippen LogP contribution in [0.25, 0.3) is 0 Å². The standard InChI is InChI=1S/C11H21NO3/c1-11(2)8-12(5-10(6-13)15-11)9-3-4-14-7-9/h9-10,13H,3-8H2,1-2H3. The predicted octanol–water partition coefficient (Wildman–Crippen LogP) is 0.247. The summed E-state index contributed by atoms with van der Waals surface area (Å²) in [5, 5.41) is 9.20. The van der Waals surface area contributed by atoms with Gasteiger partial charge in [-0.25, -0.2) is 0 Å². The van der Waals surface area contributed by atoms with Gasteiger partial charge in [-0.05, 0) is 20.3 Å². The third-order valence-electron chi connectivity index (χ3n) is 3.13. The van der Waals surface area contributed by atoms with E-state index in [1.807, 2.05) is 0 Å². The van der Waals surface area contributed by atoms with E-state index in [0.717, 1.165) is 32.7 Å². The van der Waals surface area contributed by atoms with E-state index in [-0.39, 0.29) is 18.3 Å². The molecule has 0 aliphatic carbocycles. The number of nitrogens with zero attached hydrogens (tertiary/aromatic N) is 1. The summed E-state index contributed by atoms with van der Waals surface area (Å²) in [4.78, 5) is 2.40. The predicted molar refractivity (Wildman–Crippen MR) is 56.8 cm³/mol. The molecule has 0 aromatic rings. The van der Waals surface area contributed by atoms with Gasteiger partial charge in [0, 0.05) is 25.7 Å². The zero-order valence-corrected chi connectivity index (χ0v) is 9.61. The van der Waals surface area contributed by atoms with E-state index >= 15 is 0 Å². The van der Waals surface area contributed by atoms with Crippen LogP contribution in [-0.4, -0.2) is 60.7 Å². The summed E-state index contributed by atoms with van der Waals surface area (Å²) in [5.41, 5.74) is -0.158. The first kappa shape index (κ1) is 11.3. The van der Waals surface area contributed by atoms with Crippen molar-refractivity contribution in [2.45, 2.75) is 38.0 Å². The zero-order valence-electron chi connectivity index (χ0n) is 9.61. The molecule has 2 unspecified atom stereocenters. The van der Waals surface area contributed by atoms with Crippen LogP contribution in [0.5, 0.6) is 0 Å². The topological polar surface area (TPSA) is 41.9 Å². The maximum Gasteiger partial charge on any atom is 0.0940 e. The van der Waals surface area contributed by atoms with Gasteiger partial charge in [-0.2, -0.15) is 0 Å². The van der Waals surface area contributed by atoms with Gasteiger partial charge in [0.25, 0.3) is 0 Å². The van der Waals surface area contributed by atoms with Crippen LogP contribution < -0.4 is 0 Å². The number of hydrogen-bond donors (Lipinski definition) is 1. The van der Waals surface area contributed by atoms with E-state index in [4.69, 9.17) is 9.47 Å². The summed E-state index contributed by atoms with van der Waals surface area (Å²) in [6.07, 6.45) is 1.06. The Morgan fingerprint density at radius 2 is 2.27 bits per heavy atom. The number of ether oxygens (including phenoxy) is 2. The van der Waals surface area contributed by atoms with E-state index in [0.29, 0.717) is 6.04 Å². The maximum absolute atomic E-state index is 9.20. The smallest absolute Gasteiger partial charge is 0.0940 e. The van der Waals surface area contributed by atoms with Crippen molar-refractivity contribution in [2.24, 2.45) is 0 Å². The monoisotopic (exact) mass is 215 g/mol. The minimum absolute atomic E-state index is 0.0469. The molecule has 2 rings (SSSR count). The Balaban J connectivity index is 1.98. The van der Waals surface area contributed by atoms with Gasteiger partial charge < -0.3 is 14.6 Å². The third-order valence-corrected chi connectivity index (χ3v) is 3.13. The first-order valence-corrected chi connectivity index (χ1v) is 5.71. The number of morpholine rings is 1. The average molecular weight is 215 g/mol. The summed E-state index contributed by atoms with van der Waals surface area (Å²) in [5.74, 6) is 0. The Morgan fingerprint density at radius 1 is 1.47 bits per heavy atom. The molecule has 0 aromatic carbocycles. The van der Waals surface area contributed by atoms with Crippen LogP contribution in [0.3, 0.4) is 0 Å². The fourth-order valence-electron chi connectivity index (χ4n) is 2.52. The van der Waals surface area contributed by atoms with Crippen molar-refractivity contribution >= 4 is 0 Å². The first-order chi connectivity index (χ1) is 7.11. The molecule has 0 aromatic heterocycles. The van der Waals surface area contributed by atoms with Gasteiger partial charge >= 0.3 is 0 Å². The molecular formula is C11H21NO3. The fraction of sp³-hybridized carbons (Fsp3) is 1.00. The lowest BCUT2D eigenvalue weighted by molar-refractivity contribution is -0.156. The van der Waals surface area contributed by atoms with Crippen molar-refractivity contribution in [2.75, 3.05) is 32.9 Å². The molecule has 2 aliphatic rings. The Bertz CT molecular complexity index is 214. The van der Waals surface area contributed by atoms with E-state index in [2.05, 4.69) is 18.7 Å². The van der Waals surface area contributed by atoms with Crippen molar-refractivity contribution in [1.29, 1.82) is 0 Å². The number of rotatable bonds is 2. The molecule has 4 heteroatoms. The molecule has 15 heavy (non-hydrogen) atoms. The molecular weight excluding hydrogens is 194 g/mol. The van der Waals surface area contributed by atoms with Crippen LogP contribution in [0.2, 0.25) is 0 Å². The van der Waals surface area contributed by atoms with Crippen LogP contribution in [0.1, 0.15) is 20.3 Å². The highest BCUT2D eigenvalue weighted by Gasteiger charge is 2.37. The minimum Gasteiger partial charge on any atom is -0.394 e. The number of aliphatic hydroxyl groups excluding tert-OH is 1. The minimum atomic E-state index is -0.158. The Labute approximate surface area is 91.2 Å². The number of hydrogen-bond acceptors (Lipinski definition) is 4. The van der Waals surface area contributed by atoms with Crippen LogP contribution in [-0.2, 0) is 9.47 Å². The van der Waals surface area contributed by atoms with Gasteiger partial charge in [0.05, 0.1) is 24.9 Å². The largest absolute Gasteiger partial charge is 0.394 e. The second kappa shape index (κ2) is 4.37. The molecule has 2 aliphatic heterocycles. The second-order valence-electron chi connectivity index (χ2n) is 5.13. The summed E-state index contributed by atoms with van der Waals surface area (Å²) < 4.78 is 11.2. The molecule has 0 amide bonds. The summed E-state index contributed by atoms with van der Waals surface area (Å²) >= 11 is 0. The van der Waals surface area contributed by atoms with E-state index in [1.165, 1.54) is 0 Å². The van der Waals surface area contributed by atoms with Crippen LogP contribution >= 0.6 is 0 Å².